The van der Waals surface area contributed by atoms with Gasteiger partial charge in [0.15, 0.2) is 5.78 Å². The van der Waals surface area contributed by atoms with Gasteiger partial charge in [-0.2, -0.15) is 0 Å². The van der Waals surface area contributed by atoms with Crippen LogP contribution in [0.1, 0.15) is 49.3 Å². The zero-order valence-corrected chi connectivity index (χ0v) is 16.4. The molecular formula is C23H29ClN2O. The normalized spacial score (nSPS) is 11.6. The lowest BCUT2D eigenvalue weighted by atomic mass is 9.94. The van der Waals surface area contributed by atoms with Gasteiger partial charge >= 0.3 is 0 Å². The van der Waals surface area contributed by atoms with E-state index in [4.69, 9.17) is 11.6 Å². The second kappa shape index (κ2) is 10.2. The van der Waals surface area contributed by atoms with Crippen molar-refractivity contribution in [2.24, 2.45) is 0 Å². The quantitative estimate of drug-likeness (QED) is 0.505. The monoisotopic (exact) mass is 384 g/mol. The van der Waals surface area contributed by atoms with E-state index in [-0.39, 0.29) is 19.3 Å². The van der Waals surface area contributed by atoms with Crippen molar-refractivity contribution in [3.05, 3.63) is 65.3 Å². The molecule has 0 radical (unpaired) electrons. The van der Waals surface area contributed by atoms with Gasteiger partial charge in [0.1, 0.15) is 0 Å². The highest BCUT2D eigenvalue weighted by Gasteiger charge is 2.25. The van der Waals surface area contributed by atoms with Crippen LogP contribution in [0.25, 0.3) is 23.4 Å². The van der Waals surface area contributed by atoms with Crippen molar-refractivity contribution in [2.75, 3.05) is 13.6 Å². The number of Topliss-reactive ketones (excluding diaryl/α,β-unsaturated/α-hetero) is 1. The average Bonchev–Trinajstić information content (AvgIpc) is 2.67. The summed E-state index contributed by atoms with van der Waals surface area (Å²) < 4.78 is 0. The third kappa shape index (κ3) is 4.94. The van der Waals surface area contributed by atoms with Crippen LogP contribution in [0.4, 0.5) is 0 Å². The van der Waals surface area contributed by atoms with E-state index in [0.717, 1.165) is 29.8 Å². The van der Waals surface area contributed by atoms with Crippen LogP contribution in [0.5, 0.6) is 0 Å². The van der Waals surface area contributed by atoms with Gasteiger partial charge in [-0.3, -0.25) is 9.69 Å². The van der Waals surface area contributed by atoms with Crippen molar-refractivity contribution in [1.82, 2.24) is 9.88 Å². The summed E-state index contributed by atoms with van der Waals surface area (Å²) >= 11 is 5.99. The van der Waals surface area contributed by atoms with Gasteiger partial charge in [-0.1, -0.05) is 64.2 Å². The molecule has 0 fully saturated rings. The van der Waals surface area contributed by atoms with Gasteiger partial charge < -0.3 is 0 Å². The Morgan fingerprint density at radius 3 is 2.33 bits per heavy atom. The minimum atomic E-state index is -0.183. The average molecular weight is 385 g/mol. The summed E-state index contributed by atoms with van der Waals surface area (Å²) in [6.07, 6.45) is 4.08. The number of aromatic nitrogens is 1. The molecule has 1 aromatic heterocycles. The molecule has 0 saturated carbocycles. The first-order valence-corrected chi connectivity index (χ1v) is 9.14. The summed E-state index contributed by atoms with van der Waals surface area (Å²) in [5.74, 6) is 0.0764. The minimum absolute atomic E-state index is 0. The standard InChI is InChI=1S/C22H25ClN2O.CH4/c1-6-17-18(22(26)21(8-3)25(5)9-4)14-20(24-19(17)7-2)15-10-12-16(23)13-11-15;/h6-7,10-14,21H,1-2,8-9H2,3-5H3;1H4. The minimum Gasteiger partial charge on any atom is -0.297 e. The van der Waals surface area contributed by atoms with E-state index in [2.05, 4.69) is 23.0 Å². The van der Waals surface area contributed by atoms with Gasteiger partial charge in [-0.15, -0.1) is 0 Å². The molecule has 3 nitrogen and oxygen atoms in total. The summed E-state index contributed by atoms with van der Waals surface area (Å²) in [6.45, 7) is 12.6. The molecule has 4 heteroatoms. The number of carbonyl (C=O) groups is 1. The Labute approximate surface area is 168 Å². The number of carbonyl (C=O) groups excluding carboxylic acids is 1. The first-order chi connectivity index (χ1) is 12.5. The Morgan fingerprint density at radius 2 is 1.85 bits per heavy atom. The molecule has 0 aliphatic heterocycles. The molecule has 2 aromatic rings. The smallest absolute Gasteiger partial charge is 0.180 e. The van der Waals surface area contributed by atoms with Crippen molar-refractivity contribution in [3.8, 4) is 11.3 Å². The predicted octanol–water partition coefficient (Wildman–Crippen LogP) is 6.24. The molecule has 0 N–H and O–H groups in total. The number of ketones is 1. The Bertz CT molecular complexity index is 812. The van der Waals surface area contributed by atoms with Crippen molar-refractivity contribution >= 4 is 29.5 Å². The number of hydrogen-bond donors (Lipinski definition) is 0. The van der Waals surface area contributed by atoms with Crippen LogP contribution in [-0.2, 0) is 0 Å². The van der Waals surface area contributed by atoms with E-state index in [1.54, 1.807) is 12.2 Å². The summed E-state index contributed by atoms with van der Waals surface area (Å²) in [4.78, 5) is 20.0. The fourth-order valence-corrected chi connectivity index (χ4v) is 3.14. The van der Waals surface area contributed by atoms with Gasteiger partial charge in [0.05, 0.1) is 17.4 Å². The van der Waals surface area contributed by atoms with Crippen molar-refractivity contribution in [2.45, 2.75) is 33.7 Å². The summed E-state index contributed by atoms with van der Waals surface area (Å²) in [5.41, 5.74) is 3.64. The van der Waals surface area contributed by atoms with Crippen molar-refractivity contribution < 1.29 is 4.79 Å². The topological polar surface area (TPSA) is 33.2 Å². The Hall–Kier alpha value is -2.23. The zero-order valence-electron chi connectivity index (χ0n) is 15.6. The van der Waals surface area contributed by atoms with Gasteiger partial charge in [-0.25, -0.2) is 4.98 Å². The van der Waals surface area contributed by atoms with E-state index in [9.17, 15) is 4.79 Å². The van der Waals surface area contributed by atoms with Gasteiger partial charge in [0.2, 0.25) is 0 Å². The maximum atomic E-state index is 13.3. The van der Waals surface area contributed by atoms with Crippen LogP contribution < -0.4 is 0 Å². The van der Waals surface area contributed by atoms with Crippen LogP contribution in [0.3, 0.4) is 0 Å². The molecule has 0 aliphatic rings. The number of pyridine rings is 1. The molecule has 2 rings (SSSR count). The Kier molecular flexibility index (Phi) is 8.61. The molecular weight excluding hydrogens is 356 g/mol. The van der Waals surface area contributed by atoms with Gasteiger partial charge in [0, 0.05) is 21.7 Å². The summed E-state index contributed by atoms with van der Waals surface area (Å²) in [7, 11) is 1.97. The van der Waals surface area contributed by atoms with Crippen molar-refractivity contribution in [1.29, 1.82) is 0 Å². The molecule has 0 bridgehead atoms. The van der Waals surface area contributed by atoms with E-state index in [0.29, 0.717) is 16.3 Å². The molecule has 0 spiro atoms. The molecule has 1 heterocycles. The van der Waals surface area contributed by atoms with E-state index >= 15 is 0 Å². The zero-order chi connectivity index (χ0) is 19.3. The van der Waals surface area contributed by atoms with Gasteiger partial charge in [0.25, 0.3) is 0 Å². The predicted molar refractivity (Wildman–Crippen MR) is 118 cm³/mol. The number of rotatable bonds is 8. The number of halogens is 1. The van der Waals surface area contributed by atoms with E-state index < -0.39 is 0 Å². The first kappa shape index (κ1) is 22.8. The largest absolute Gasteiger partial charge is 0.297 e. The molecule has 144 valence electrons. The van der Waals surface area contributed by atoms with E-state index in [1.165, 1.54) is 0 Å². The molecule has 27 heavy (non-hydrogen) atoms. The maximum Gasteiger partial charge on any atom is 0.180 e. The molecule has 1 aromatic carbocycles. The number of hydrogen-bond acceptors (Lipinski definition) is 3. The number of likely N-dealkylation sites (N-methyl/N-ethyl adjacent to an activating group) is 1. The lowest BCUT2D eigenvalue weighted by Crippen LogP contribution is -2.38. The SMILES string of the molecule is C.C=Cc1nc(-c2ccc(Cl)cc2)cc(C(=O)C(CC)N(C)CC)c1C=C. The van der Waals surface area contributed by atoms with Gasteiger partial charge in [-0.05, 0) is 44.3 Å². The number of nitrogens with zero attached hydrogens (tertiary/aromatic N) is 2. The highest BCUT2D eigenvalue weighted by Crippen LogP contribution is 2.27. The lowest BCUT2D eigenvalue weighted by molar-refractivity contribution is 0.0851. The third-order valence-corrected chi connectivity index (χ3v) is 4.86. The Balaban J connectivity index is 0.00000364. The highest BCUT2D eigenvalue weighted by atomic mass is 35.5. The third-order valence-electron chi connectivity index (χ3n) is 4.61. The molecule has 0 saturated heterocycles. The number of benzene rings is 1. The molecule has 0 aliphatic carbocycles. The Morgan fingerprint density at radius 1 is 1.22 bits per heavy atom. The summed E-state index contributed by atoms with van der Waals surface area (Å²) in [6, 6.07) is 9.09. The highest BCUT2D eigenvalue weighted by molar-refractivity contribution is 6.30. The van der Waals surface area contributed by atoms with Crippen molar-refractivity contribution in [3.63, 3.8) is 0 Å². The second-order valence-electron chi connectivity index (χ2n) is 6.13. The maximum absolute atomic E-state index is 13.3. The van der Waals surface area contributed by atoms with Crippen LogP contribution in [-0.4, -0.2) is 35.3 Å². The fourth-order valence-electron chi connectivity index (χ4n) is 3.01. The second-order valence-corrected chi connectivity index (χ2v) is 6.57. The van der Waals surface area contributed by atoms with Crippen LogP contribution in [0.2, 0.25) is 5.02 Å². The van der Waals surface area contributed by atoms with Crippen LogP contribution in [0, 0.1) is 0 Å². The fraction of sp³-hybridized carbons (Fsp3) is 0.304. The molecule has 1 atom stereocenters. The van der Waals surface area contributed by atoms with Crippen LogP contribution in [0.15, 0.2) is 43.5 Å². The lowest BCUT2D eigenvalue weighted by Gasteiger charge is -2.25. The molecule has 0 amide bonds. The first-order valence-electron chi connectivity index (χ1n) is 8.77. The molecule has 1 unspecified atom stereocenters. The summed E-state index contributed by atoms with van der Waals surface area (Å²) in [5, 5.41) is 0.660. The van der Waals surface area contributed by atoms with E-state index in [1.807, 2.05) is 51.2 Å². The van der Waals surface area contributed by atoms with Crippen LogP contribution >= 0.6 is 11.6 Å².